The summed E-state index contributed by atoms with van der Waals surface area (Å²) in [4.78, 5) is 14.1. The predicted molar refractivity (Wildman–Crippen MR) is 174 cm³/mol. The van der Waals surface area contributed by atoms with Crippen LogP contribution in [0, 0.1) is 25.6 Å². The van der Waals surface area contributed by atoms with Gasteiger partial charge in [0.15, 0.2) is 0 Å². The molecule has 6 rings (SSSR count). The lowest BCUT2D eigenvalue weighted by atomic mass is 9.77. The van der Waals surface area contributed by atoms with Gasteiger partial charge in [-0.1, -0.05) is 84.8 Å². The summed E-state index contributed by atoms with van der Waals surface area (Å²) in [5.74, 6) is -1.77. The number of nitrogens with zero attached hydrogens (tertiary/aromatic N) is 2. The molecule has 0 saturated carbocycles. The molecule has 0 unspecified atom stereocenters. The topological polar surface area (TPSA) is 91.8 Å². The highest BCUT2D eigenvalue weighted by Crippen LogP contribution is 2.48. The quantitative estimate of drug-likeness (QED) is 0.225. The maximum atomic E-state index is 15.5. The average molecular weight is 661 g/mol. The maximum absolute atomic E-state index is 15.5. The van der Waals surface area contributed by atoms with Crippen LogP contribution in [0.3, 0.4) is 0 Å². The van der Waals surface area contributed by atoms with E-state index < -0.39 is 49.9 Å². The lowest BCUT2D eigenvalue weighted by molar-refractivity contribution is -0.132. The number of hydrogen-bond donors (Lipinski definition) is 0. The maximum Gasteiger partial charge on any atom is 0.243 e. The fraction of sp³-hybridized carbons (Fsp3) is 0.306. The zero-order valence-electron chi connectivity index (χ0n) is 26.0. The Morgan fingerprint density at radius 1 is 0.739 bits per heavy atom. The molecule has 4 atom stereocenters. The Hall–Kier alpha value is -3.70. The molecule has 0 spiro atoms. The summed E-state index contributed by atoms with van der Waals surface area (Å²) in [7, 11) is -8.40. The predicted octanol–water partition coefficient (Wildman–Crippen LogP) is 6.53. The standard InChI is InChI=1S/C36H37FN2O5S2/c1-4-26-13-15-27(16-14-26)33-22-36(40)31-23-38(45(41,42)28-17-9-24(2)10-18-28)34(30-7-5-6-8-32(30)37)21-35(31)39(33)46(43,44)29-19-11-25(3)12-20-29/h5-20,31,33-35H,4,21-23H2,1-3H3/t31-,33+,34+,35+/m1/s1. The van der Waals surface area contributed by atoms with Gasteiger partial charge < -0.3 is 0 Å². The Morgan fingerprint density at radius 3 is 1.87 bits per heavy atom. The number of carbonyl (C=O) groups excluding carboxylic acids is 1. The van der Waals surface area contributed by atoms with Crippen molar-refractivity contribution in [3.8, 4) is 0 Å². The normalized spacial score (nSPS) is 22.8. The van der Waals surface area contributed by atoms with Crippen molar-refractivity contribution in [2.24, 2.45) is 5.92 Å². The second kappa shape index (κ2) is 12.5. The highest BCUT2D eigenvalue weighted by molar-refractivity contribution is 7.89. The van der Waals surface area contributed by atoms with Crippen molar-refractivity contribution in [2.45, 2.75) is 68.0 Å². The smallest absolute Gasteiger partial charge is 0.243 e. The fourth-order valence-electron chi connectivity index (χ4n) is 6.77. The molecule has 46 heavy (non-hydrogen) atoms. The van der Waals surface area contributed by atoms with Gasteiger partial charge in [-0.15, -0.1) is 0 Å². The minimum absolute atomic E-state index is 0.0270. The first-order chi connectivity index (χ1) is 21.9. The third kappa shape index (κ3) is 5.83. The Morgan fingerprint density at radius 2 is 1.30 bits per heavy atom. The number of benzene rings is 4. The first-order valence-corrected chi connectivity index (χ1v) is 18.3. The van der Waals surface area contributed by atoms with Crippen LogP contribution in [0.4, 0.5) is 4.39 Å². The Labute approximate surface area is 270 Å². The van der Waals surface area contributed by atoms with Crippen LogP contribution in [-0.2, 0) is 31.3 Å². The van der Waals surface area contributed by atoms with Crippen LogP contribution in [0.15, 0.2) is 107 Å². The summed E-state index contributed by atoms with van der Waals surface area (Å²) in [6, 6.07) is 23.7. The van der Waals surface area contributed by atoms with Gasteiger partial charge in [-0.05, 0) is 68.1 Å². The molecule has 4 aromatic carbocycles. The van der Waals surface area contributed by atoms with Gasteiger partial charge in [-0.2, -0.15) is 8.61 Å². The van der Waals surface area contributed by atoms with E-state index >= 15 is 4.39 Å². The number of fused-ring (bicyclic) bond motifs is 1. The van der Waals surface area contributed by atoms with Crippen molar-refractivity contribution in [1.29, 1.82) is 0 Å². The van der Waals surface area contributed by atoms with Crippen molar-refractivity contribution in [3.63, 3.8) is 0 Å². The van der Waals surface area contributed by atoms with E-state index in [1.54, 1.807) is 42.5 Å². The molecule has 240 valence electrons. The molecule has 2 aliphatic rings. The molecule has 0 radical (unpaired) electrons. The van der Waals surface area contributed by atoms with E-state index in [9.17, 15) is 21.6 Å². The summed E-state index contributed by atoms with van der Waals surface area (Å²) >= 11 is 0. The number of Topliss-reactive ketones (excluding diaryl/α,β-unsaturated/α-hetero) is 1. The Bertz CT molecular complexity index is 1960. The molecule has 2 heterocycles. The number of aryl methyl sites for hydroxylation is 3. The molecule has 2 aliphatic heterocycles. The van der Waals surface area contributed by atoms with Crippen LogP contribution >= 0.6 is 0 Å². The van der Waals surface area contributed by atoms with Crippen LogP contribution in [0.25, 0.3) is 0 Å². The first kappa shape index (κ1) is 32.2. The molecule has 2 saturated heterocycles. The van der Waals surface area contributed by atoms with Crippen molar-refractivity contribution < 1.29 is 26.0 Å². The number of halogens is 1. The summed E-state index contributed by atoms with van der Waals surface area (Å²) in [5.41, 5.74) is 3.65. The Kier molecular flexibility index (Phi) is 8.75. The van der Waals surface area contributed by atoms with Crippen molar-refractivity contribution in [1.82, 2.24) is 8.61 Å². The van der Waals surface area contributed by atoms with E-state index in [1.165, 1.54) is 38.9 Å². The van der Waals surface area contributed by atoms with Crippen LogP contribution < -0.4 is 0 Å². The molecule has 2 fully saturated rings. The van der Waals surface area contributed by atoms with E-state index in [1.807, 2.05) is 45.0 Å². The van der Waals surface area contributed by atoms with E-state index in [-0.39, 0.29) is 40.5 Å². The second-order valence-corrected chi connectivity index (χ2v) is 16.0. The number of rotatable bonds is 7. The monoisotopic (exact) mass is 660 g/mol. The number of carbonyl (C=O) groups is 1. The molecule has 0 aliphatic carbocycles. The molecular formula is C36H37FN2O5S2. The molecule has 0 N–H and O–H groups in total. The number of hydrogen-bond acceptors (Lipinski definition) is 5. The third-order valence-corrected chi connectivity index (χ3v) is 13.2. The highest BCUT2D eigenvalue weighted by Gasteiger charge is 2.54. The van der Waals surface area contributed by atoms with Crippen molar-refractivity contribution >= 4 is 25.8 Å². The van der Waals surface area contributed by atoms with Crippen LogP contribution in [0.5, 0.6) is 0 Å². The van der Waals surface area contributed by atoms with Gasteiger partial charge in [0.25, 0.3) is 0 Å². The lowest BCUT2D eigenvalue weighted by Crippen LogP contribution is -2.61. The third-order valence-electron chi connectivity index (χ3n) is 9.36. The highest BCUT2D eigenvalue weighted by atomic mass is 32.2. The molecule has 0 aromatic heterocycles. The molecule has 0 bridgehead atoms. The van der Waals surface area contributed by atoms with Gasteiger partial charge in [0.2, 0.25) is 20.0 Å². The minimum Gasteiger partial charge on any atom is -0.299 e. The van der Waals surface area contributed by atoms with Gasteiger partial charge in [0.05, 0.1) is 21.9 Å². The number of piperidine rings is 2. The molecule has 10 heteroatoms. The largest absolute Gasteiger partial charge is 0.299 e. The van der Waals surface area contributed by atoms with E-state index in [0.717, 1.165) is 23.1 Å². The lowest BCUT2D eigenvalue weighted by Gasteiger charge is -2.51. The van der Waals surface area contributed by atoms with Gasteiger partial charge in [-0.25, -0.2) is 21.2 Å². The SMILES string of the molecule is CCc1ccc([C@@H]2CC(=O)[C@@H]3CN(S(=O)(=O)c4ccc(C)cc4)[C@H](c4ccccc4F)C[C@@H]3N2S(=O)(=O)c2ccc(C)cc2)cc1. The zero-order chi connectivity index (χ0) is 32.8. The van der Waals surface area contributed by atoms with Gasteiger partial charge in [0, 0.05) is 30.5 Å². The van der Waals surface area contributed by atoms with E-state index in [2.05, 4.69) is 0 Å². The number of ketones is 1. The van der Waals surface area contributed by atoms with E-state index in [0.29, 0.717) is 5.56 Å². The van der Waals surface area contributed by atoms with Crippen LogP contribution in [0.2, 0.25) is 0 Å². The summed E-state index contributed by atoms with van der Waals surface area (Å²) in [6.07, 6.45) is 0.590. The van der Waals surface area contributed by atoms with Gasteiger partial charge >= 0.3 is 0 Å². The van der Waals surface area contributed by atoms with Gasteiger partial charge in [0.1, 0.15) is 11.6 Å². The van der Waals surface area contributed by atoms with E-state index in [4.69, 9.17) is 0 Å². The minimum atomic E-state index is -4.20. The number of sulfonamides is 2. The van der Waals surface area contributed by atoms with Crippen LogP contribution in [-0.4, -0.2) is 43.8 Å². The summed E-state index contributed by atoms with van der Waals surface area (Å²) < 4.78 is 75.8. The fourth-order valence-corrected chi connectivity index (χ4v) is 10.3. The Balaban J connectivity index is 1.51. The average Bonchev–Trinajstić information content (AvgIpc) is 3.04. The molecule has 4 aromatic rings. The molecule has 0 amide bonds. The molecule has 7 nitrogen and oxygen atoms in total. The first-order valence-electron chi connectivity index (χ1n) is 15.5. The molecular weight excluding hydrogens is 624 g/mol. The van der Waals surface area contributed by atoms with Crippen molar-refractivity contribution in [3.05, 3.63) is 131 Å². The zero-order valence-corrected chi connectivity index (χ0v) is 27.6. The van der Waals surface area contributed by atoms with Crippen molar-refractivity contribution in [2.75, 3.05) is 6.54 Å². The summed E-state index contributed by atoms with van der Waals surface area (Å²) in [6.45, 7) is 5.46. The van der Waals surface area contributed by atoms with Crippen LogP contribution in [0.1, 0.15) is 59.7 Å². The summed E-state index contributed by atoms with van der Waals surface area (Å²) in [5, 5.41) is 0. The van der Waals surface area contributed by atoms with Gasteiger partial charge in [-0.3, -0.25) is 4.79 Å². The second-order valence-electron chi connectivity index (χ2n) is 12.3.